The zero-order chi connectivity index (χ0) is 15.9. The Morgan fingerprint density at radius 2 is 2.05 bits per heavy atom. The van der Waals surface area contributed by atoms with Crippen molar-refractivity contribution in [3.63, 3.8) is 0 Å². The molecule has 0 radical (unpaired) electrons. The van der Waals surface area contributed by atoms with E-state index in [2.05, 4.69) is 4.98 Å². The molecule has 116 valence electrons. The second-order valence-corrected chi connectivity index (χ2v) is 4.65. The molecular formula is C16H17FN2O3. The summed E-state index contributed by atoms with van der Waals surface area (Å²) < 4.78 is 23.9. The van der Waals surface area contributed by atoms with Gasteiger partial charge in [0.05, 0.1) is 12.3 Å². The van der Waals surface area contributed by atoms with Crippen LogP contribution in [0.1, 0.15) is 30.3 Å². The Bertz CT molecular complexity index is 662. The molecule has 1 heterocycles. The minimum atomic E-state index is -0.564. The highest BCUT2D eigenvalue weighted by Crippen LogP contribution is 2.24. The standard InChI is InChI=1S/C16H17FN2O3/c1-2-3-8-21-16(20)15-10-12(6-7-19-15)22-11-4-5-14(18)13(17)9-11/h4-7,9-10H,2-3,8,18H2,1H3. The van der Waals surface area contributed by atoms with E-state index in [0.717, 1.165) is 12.8 Å². The first kappa shape index (κ1) is 15.8. The molecule has 1 aromatic carbocycles. The molecule has 22 heavy (non-hydrogen) atoms. The van der Waals surface area contributed by atoms with E-state index in [-0.39, 0.29) is 17.1 Å². The van der Waals surface area contributed by atoms with Gasteiger partial charge in [-0.2, -0.15) is 0 Å². The molecule has 0 saturated heterocycles. The summed E-state index contributed by atoms with van der Waals surface area (Å²) in [6, 6.07) is 7.14. The van der Waals surface area contributed by atoms with Crippen LogP contribution in [-0.4, -0.2) is 17.6 Å². The van der Waals surface area contributed by atoms with Gasteiger partial charge in [-0.15, -0.1) is 0 Å². The number of pyridine rings is 1. The summed E-state index contributed by atoms with van der Waals surface area (Å²) in [5, 5.41) is 0. The second kappa shape index (κ2) is 7.40. The van der Waals surface area contributed by atoms with Gasteiger partial charge in [-0.25, -0.2) is 14.2 Å². The van der Waals surface area contributed by atoms with Crippen LogP contribution in [0.3, 0.4) is 0 Å². The van der Waals surface area contributed by atoms with E-state index >= 15 is 0 Å². The molecule has 2 rings (SSSR count). The number of nitrogen functional groups attached to an aromatic ring is 1. The molecule has 0 bridgehead atoms. The lowest BCUT2D eigenvalue weighted by atomic mass is 10.3. The molecule has 0 saturated carbocycles. The second-order valence-electron chi connectivity index (χ2n) is 4.65. The Kier molecular flexibility index (Phi) is 5.30. The number of rotatable bonds is 6. The fourth-order valence-corrected chi connectivity index (χ4v) is 1.68. The number of ether oxygens (including phenoxy) is 2. The number of carbonyl (C=O) groups is 1. The van der Waals surface area contributed by atoms with E-state index in [1.807, 2.05) is 6.92 Å². The SMILES string of the molecule is CCCCOC(=O)c1cc(Oc2ccc(N)c(F)c2)ccn1. The minimum absolute atomic E-state index is 0.0438. The molecule has 1 aromatic heterocycles. The quantitative estimate of drug-likeness (QED) is 0.502. The van der Waals surface area contributed by atoms with Crippen LogP contribution < -0.4 is 10.5 Å². The van der Waals surface area contributed by atoms with Crippen molar-refractivity contribution in [1.82, 2.24) is 4.98 Å². The first-order chi connectivity index (χ1) is 10.6. The molecule has 2 aromatic rings. The molecular weight excluding hydrogens is 287 g/mol. The van der Waals surface area contributed by atoms with E-state index in [9.17, 15) is 9.18 Å². The number of nitrogens with two attached hydrogens (primary N) is 1. The Morgan fingerprint density at radius 3 is 2.77 bits per heavy atom. The summed E-state index contributed by atoms with van der Waals surface area (Å²) in [6.45, 7) is 2.36. The lowest BCUT2D eigenvalue weighted by Crippen LogP contribution is -2.08. The van der Waals surface area contributed by atoms with Gasteiger partial charge in [-0.05, 0) is 24.6 Å². The molecule has 0 unspecified atom stereocenters. The van der Waals surface area contributed by atoms with Crippen molar-refractivity contribution in [3.05, 3.63) is 48.0 Å². The van der Waals surface area contributed by atoms with Crippen LogP contribution in [0.25, 0.3) is 0 Å². The largest absolute Gasteiger partial charge is 0.461 e. The molecule has 0 aliphatic carbocycles. The summed E-state index contributed by atoms with van der Waals surface area (Å²) in [6.07, 6.45) is 3.17. The van der Waals surface area contributed by atoms with Crippen LogP contribution in [0.4, 0.5) is 10.1 Å². The maximum absolute atomic E-state index is 13.4. The summed E-state index contributed by atoms with van der Waals surface area (Å²) in [7, 11) is 0. The van der Waals surface area contributed by atoms with Gasteiger partial charge in [0.25, 0.3) is 0 Å². The normalized spacial score (nSPS) is 10.3. The van der Waals surface area contributed by atoms with Crippen LogP contribution >= 0.6 is 0 Å². The van der Waals surface area contributed by atoms with Crippen LogP contribution in [0.2, 0.25) is 0 Å². The number of anilines is 1. The molecule has 0 fully saturated rings. The average Bonchev–Trinajstić information content (AvgIpc) is 2.51. The maximum Gasteiger partial charge on any atom is 0.357 e. The summed E-state index contributed by atoms with van der Waals surface area (Å²) >= 11 is 0. The van der Waals surface area contributed by atoms with Gasteiger partial charge in [-0.3, -0.25) is 0 Å². The Balaban J connectivity index is 2.07. The van der Waals surface area contributed by atoms with Crippen LogP contribution in [0.15, 0.2) is 36.5 Å². The van der Waals surface area contributed by atoms with Crippen molar-refractivity contribution in [1.29, 1.82) is 0 Å². The molecule has 5 nitrogen and oxygen atoms in total. The number of nitrogens with zero attached hydrogens (tertiary/aromatic N) is 1. The Labute approximate surface area is 127 Å². The zero-order valence-corrected chi connectivity index (χ0v) is 12.2. The number of hydrogen-bond acceptors (Lipinski definition) is 5. The van der Waals surface area contributed by atoms with Crippen LogP contribution in [0, 0.1) is 5.82 Å². The van der Waals surface area contributed by atoms with Crippen molar-refractivity contribution >= 4 is 11.7 Å². The van der Waals surface area contributed by atoms with Crippen molar-refractivity contribution < 1.29 is 18.7 Å². The van der Waals surface area contributed by atoms with Crippen molar-refractivity contribution in [2.75, 3.05) is 12.3 Å². The van der Waals surface area contributed by atoms with E-state index in [4.69, 9.17) is 15.2 Å². The van der Waals surface area contributed by atoms with Gasteiger partial charge in [0.15, 0.2) is 5.69 Å². The third-order valence-corrected chi connectivity index (χ3v) is 2.88. The zero-order valence-electron chi connectivity index (χ0n) is 12.2. The van der Waals surface area contributed by atoms with E-state index in [1.54, 1.807) is 6.07 Å². The monoisotopic (exact) mass is 304 g/mol. The van der Waals surface area contributed by atoms with Gasteiger partial charge >= 0.3 is 5.97 Å². The number of aromatic nitrogens is 1. The fraction of sp³-hybridized carbons (Fsp3) is 0.250. The van der Waals surface area contributed by atoms with Crippen molar-refractivity contribution in [3.8, 4) is 11.5 Å². The first-order valence-electron chi connectivity index (χ1n) is 6.96. The average molecular weight is 304 g/mol. The molecule has 0 spiro atoms. The van der Waals surface area contributed by atoms with Crippen molar-refractivity contribution in [2.24, 2.45) is 0 Å². The smallest absolute Gasteiger partial charge is 0.357 e. The van der Waals surface area contributed by atoms with Gasteiger partial charge in [0, 0.05) is 18.3 Å². The maximum atomic E-state index is 13.4. The predicted octanol–water partition coefficient (Wildman–Crippen LogP) is 3.55. The lowest BCUT2D eigenvalue weighted by molar-refractivity contribution is 0.0492. The van der Waals surface area contributed by atoms with Gasteiger partial charge in [0.2, 0.25) is 0 Å². The van der Waals surface area contributed by atoms with E-state index in [1.165, 1.54) is 30.5 Å². The number of hydrogen-bond donors (Lipinski definition) is 1. The van der Waals surface area contributed by atoms with E-state index in [0.29, 0.717) is 12.4 Å². The third-order valence-electron chi connectivity index (χ3n) is 2.88. The Morgan fingerprint density at radius 1 is 1.27 bits per heavy atom. The van der Waals surface area contributed by atoms with E-state index < -0.39 is 11.8 Å². The third kappa shape index (κ3) is 4.18. The number of carbonyl (C=O) groups excluding carboxylic acids is 1. The minimum Gasteiger partial charge on any atom is -0.461 e. The molecule has 2 N–H and O–H groups in total. The van der Waals surface area contributed by atoms with Crippen LogP contribution in [-0.2, 0) is 4.74 Å². The number of halogens is 1. The van der Waals surface area contributed by atoms with Gasteiger partial charge in [-0.1, -0.05) is 13.3 Å². The van der Waals surface area contributed by atoms with Gasteiger partial charge < -0.3 is 15.2 Å². The first-order valence-corrected chi connectivity index (χ1v) is 6.96. The highest BCUT2D eigenvalue weighted by atomic mass is 19.1. The topological polar surface area (TPSA) is 74.4 Å². The number of unbranched alkanes of at least 4 members (excludes halogenated alkanes) is 1. The highest BCUT2D eigenvalue weighted by Gasteiger charge is 2.10. The Hall–Kier alpha value is -2.63. The highest BCUT2D eigenvalue weighted by molar-refractivity contribution is 5.87. The predicted molar refractivity (Wildman–Crippen MR) is 80.3 cm³/mol. The lowest BCUT2D eigenvalue weighted by Gasteiger charge is -2.08. The number of benzene rings is 1. The molecule has 0 aliphatic heterocycles. The molecule has 0 atom stereocenters. The summed E-state index contributed by atoms with van der Waals surface area (Å²) in [5.74, 6) is -0.432. The van der Waals surface area contributed by atoms with Gasteiger partial charge in [0.1, 0.15) is 17.3 Å². The summed E-state index contributed by atoms with van der Waals surface area (Å²) in [5.41, 5.74) is 5.59. The molecule has 0 amide bonds. The van der Waals surface area contributed by atoms with Crippen LogP contribution in [0.5, 0.6) is 11.5 Å². The summed E-state index contributed by atoms with van der Waals surface area (Å²) in [4.78, 5) is 15.7. The molecule has 6 heteroatoms. The molecule has 0 aliphatic rings. The van der Waals surface area contributed by atoms with Crippen molar-refractivity contribution in [2.45, 2.75) is 19.8 Å². The fourth-order valence-electron chi connectivity index (χ4n) is 1.68. The number of esters is 1.